The van der Waals surface area contributed by atoms with E-state index in [1.165, 1.54) is 38.9 Å². The number of aromatic nitrogens is 2. The van der Waals surface area contributed by atoms with Crippen molar-refractivity contribution in [3.8, 4) is 22.6 Å². The lowest BCUT2D eigenvalue weighted by Crippen LogP contribution is -2.49. The van der Waals surface area contributed by atoms with E-state index < -0.39 is 0 Å². The van der Waals surface area contributed by atoms with Gasteiger partial charge in [0.05, 0.1) is 18.6 Å². The van der Waals surface area contributed by atoms with Crippen molar-refractivity contribution in [2.45, 2.75) is 58.4 Å². The third-order valence-corrected chi connectivity index (χ3v) is 8.32. The fourth-order valence-electron chi connectivity index (χ4n) is 5.95. The normalized spacial score (nSPS) is 16.6. The highest BCUT2D eigenvalue weighted by Crippen LogP contribution is 2.41. The van der Waals surface area contributed by atoms with Gasteiger partial charge in [-0.15, -0.1) is 0 Å². The maximum atomic E-state index is 9.78. The summed E-state index contributed by atoms with van der Waals surface area (Å²) in [6, 6.07) is 19.3. The summed E-state index contributed by atoms with van der Waals surface area (Å²) in [5.41, 5.74) is 9.72. The Bertz CT molecular complexity index is 1440. The summed E-state index contributed by atoms with van der Waals surface area (Å²) in [6.07, 6.45) is 8.01. The molecule has 1 aliphatic carbocycles. The van der Waals surface area contributed by atoms with Crippen molar-refractivity contribution >= 4 is 0 Å². The molecule has 202 valence electrons. The molecule has 6 heteroatoms. The van der Waals surface area contributed by atoms with E-state index in [2.05, 4.69) is 71.4 Å². The highest BCUT2D eigenvalue weighted by atomic mass is 16.5. The molecule has 0 bridgehead atoms. The SMILES string of the molecule is Cc1c(COc2cc(OCc3cn(C)cn3)c(CN3CCC3CO)c3c2CCC3)cccc1-c1ccccc1. The molecule has 1 atom stereocenters. The summed E-state index contributed by atoms with van der Waals surface area (Å²) in [5.74, 6) is 1.80. The Hall–Kier alpha value is -3.61. The molecule has 2 aliphatic rings. The van der Waals surface area contributed by atoms with Crippen molar-refractivity contribution in [3.63, 3.8) is 0 Å². The Kier molecular flexibility index (Phi) is 7.40. The van der Waals surface area contributed by atoms with Crippen molar-refractivity contribution in [1.29, 1.82) is 0 Å². The number of nitrogens with zero attached hydrogens (tertiary/aromatic N) is 3. The van der Waals surface area contributed by atoms with Crippen molar-refractivity contribution in [1.82, 2.24) is 14.5 Å². The Morgan fingerprint density at radius 2 is 1.79 bits per heavy atom. The third-order valence-electron chi connectivity index (χ3n) is 8.32. The fourth-order valence-corrected chi connectivity index (χ4v) is 5.95. The average molecular weight is 524 g/mol. The first kappa shape index (κ1) is 25.7. The van der Waals surface area contributed by atoms with E-state index in [0.717, 1.165) is 56.0 Å². The van der Waals surface area contributed by atoms with Crippen LogP contribution in [-0.4, -0.2) is 38.8 Å². The molecule has 0 radical (unpaired) electrons. The molecule has 1 fully saturated rings. The Balaban J connectivity index is 1.30. The molecule has 0 spiro atoms. The van der Waals surface area contributed by atoms with E-state index in [0.29, 0.717) is 13.2 Å². The quantitative estimate of drug-likeness (QED) is 0.293. The third kappa shape index (κ3) is 5.32. The predicted octanol–water partition coefficient (Wildman–Crippen LogP) is 5.61. The minimum Gasteiger partial charge on any atom is -0.488 e. The number of aliphatic hydroxyl groups is 1. The van der Waals surface area contributed by atoms with E-state index in [1.807, 2.05) is 17.8 Å². The fraction of sp³-hybridized carbons (Fsp3) is 0.364. The van der Waals surface area contributed by atoms with E-state index in [1.54, 1.807) is 6.33 Å². The summed E-state index contributed by atoms with van der Waals surface area (Å²) in [6.45, 7) is 5.11. The molecular formula is C33H37N3O3. The average Bonchev–Trinajstić information content (AvgIpc) is 3.60. The van der Waals surface area contributed by atoms with Crippen LogP contribution in [0.4, 0.5) is 0 Å². The lowest BCUT2D eigenvalue weighted by atomic mass is 9.96. The number of imidazole rings is 1. The van der Waals surface area contributed by atoms with Gasteiger partial charge in [0.2, 0.25) is 0 Å². The molecule has 1 aliphatic heterocycles. The van der Waals surface area contributed by atoms with Gasteiger partial charge in [0, 0.05) is 44.0 Å². The number of aryl methyl sites for hydroxylation is 1. The monoisotopic (exact) mass is 523 g/mol. The molecule has 2 heterocycles. The Morgan fingerprint density at radius 1 is 0.974 bits per heavy atom. The van der Waals surface area contributed by atoms with Crippen LogP contribution in [0.15, 0.2) is 67.1 Å². The largest absolute Gasteiger partial charge is 0.488 e. The number of benzene rings is 3. The smallest absolute Gasteiger partial charge is 0.132 e. The molecule has 1 unspecified atom stereocenters. The number of fused-ring (bicyclic) bond motifs is 1. The maximum absolute atomic E-state index is 9.78. The topological polar surface area (TPSA) is 59.8 Å². The van der Waals surface area contributed by atoms with Crippen LogP contribution in [0.3, 0.4) is 0 Å². The van der Waals surface area contributed by atoms with Crippen LogP contribution in [0.1, 0.15) is 46.4 Å². The highest BCUT2D eigenvalue weighted by molar-refractivity contribution is 5.68. The molecule has 6 rings (SSSR count). The minimum absolute atomic E-state index is 0.203. The zero-order valence-electron chi connectivity index (χ0n) is 22.9. The second-order valence-corrected chi connectivity index (χ2v) is 10.8. The summed E-state index contributed by atoms with van der Waals surface area (Å²) in [4.78, 5) is 6.81. The first-order valence-corrected chi connectivity index (χ1v) is 14.0. The van der Waals surface area contributed by atoms with Crippen LogP contribution in [0.25, 0.3) is 11.1 Å². The molecular weight excluding hydrogens is 486 g/mol. The van der Waals surface area contributed by atoms with E-state index in [4.69, 9.17) is 9.47 Å². The number of ether oxygens (including phenoxy) is 2. The highest BCUT2D eigenvalue weighted by Gasteiger charge is 2.31. The van der Waals surface area contributed by atoms with Gasteiger partial charge in [-0.3, -0.25) is 4.90 Å². The predicted molar refractivity (Wildman–Crippen MR) is 153 cm³/mol. The van der Waals surface area contributed by atoms with Crippen LogP contribution in [0.2, 0.25) is 0 Å². The number of rotatable bonds is 10. The van der Waals surface area contributed by atoms with Gasteiger partial charge in [-0.1, -0.05) is 48.5 Å². The van der Waals surface area contributed by atoms with E-state index in [9.17, 15) is 5.11 Å². The number of hydrogen-bond acceptors (Lipinski definition) is 5. The van der Waals surface area contributed by atoms with E-state index in [-0.39, 0.29) is 12.6 Å². The van der Waals surface area contributed by atoms with Gasteiger partial charge in [0.25, 0.3) is 0 Å². The van der Waals surface area contributed by atoms with Gasteiger partial charge in [0.15, 0.2) is 0 Å². The number of aliphatic hydroxyl groups excluding tert-OH is 1. The lowest BCUT2D eigenvalue weighted by molar-refractivity contribution is 0.0346. The van der Waals surface area contributed by atoms with Gasteiger partial charge in [-0.2, -0.15) is 0 Å². The second kappa shape index (κ2) is 11.2. The van der Waals surface area contributed by atoms with Crippen LogP contribution in [-0.2, 0) is 39.6 Å². The lowest BCUT2D eigenvalue weighted by Gasteiger charge is -2.40. The first-order chi connectivity index (χ1) is 19.1. The second-order valence-electron chi connectivity index (χ2n) is 10.8. The van der Waals surface area contributed by atoms with Crippen molar-refractivity contribution in [3.05, 3.63) is 101 Å². The Labute approximate surface area is 230 Å². The molecule has 1 saturated heterocycles. The maximum Gasteiger partial charge on any atom is 0.132 e. The van der Waals surface area contributed by atoms with Crippen LogP contribution >= 0.6 is 0 Å². The zero-order chi connectivity index (χ0) is 26.8. The molecule has 1 aromatic heterocycles. The zero-order valence-corrected chi connectivity index (χ0v) is 22.9. The molecule has 3 aromatic carbocycles. The first-order valence-electron chi connectivity index (χ1n) is 14.0. The standard InChI is InChI=1S/C33H37N3O3/c1-23-25(10-6-11-28(23)24-8-4-3-5-9-24)20-38-32-16-33(39-21-26-17-35(2)22-34-26)31(29-12-7-13-30(29)32)18-36-15-14-27(36)19-37/h3-6,8-11,16-17,22,27,37H,7,12-15,18-21H2,1-2H3. The molecule has 0 amide bonds. The summed E-state index contributed by atoms with van der Waals surface area (Å²) in [7, 11) is 1.97. The van der Waals surface area contributed by atoms with Gasteiger partial charge in [0.1, 0.15) is 24.7 Å². The van der Waals surface area contributed by atoms with Gasteiger partial charge in [-0.05, 0) is 66.0 Å². The van der Waals surface area contributed by atoms with Crippen molar-refractivity contribution in [2.24, 2.45) is 7.05 Å². The molecule has 6 nitrogen and oxygen atoms in total. The minimum atomic E-state index is 0.203. The van der Waals surface area contributed by atoms with Gasteiger partial charge >= 0.3 is 0 Å². The van der Waals surface area contributed by atoms with Crippen LogP contribution in [0, 0.1) is 6.92 Å². The van der Waals surface area contributed by atoms with Crippen molar-refractivity contribution < 1.29 is 14.6 Å². The van der Waals surface area contributed by atoms with Gasteiger partial charge in [-0.25, -0.2) is 4.98 Å². The van der Waals surface area contributed by atoms with Crippen LogP contribution < -0.4 is 9.47 Å². The van der Waals surface area contributed by atoms with Gasteiger partial charge < -0.3 is 19.1 Å². The van der Waals surface area contributed by atoms with Crippen molar-refractivity contribution in [2.75, 3.05) is 13.2 Å². The molecule has 4 aromatic rings. The summed E-state index contributed by atoms with van der Waals surface area (Å²) in [5, 5.41) is 9.78. The number of hydrogen-bond donors (Lipinski definition) is 1. The Morgan fingerprint density at radius 3 is 2.54 bits per heavy atom. The van der Waals surface area contributed by atoms with Crippen LogP contribution in [0.5, 0.6) is 11.5 Å². The van der Waals surface area contributed by atoms with E-state index >= 15 is 0 Å². The molecule has 39 heavy (non-hydrogen) atoms. The number of likely N-dealkylation sites (tertiary alicyclic amines) is 1. The summed E-state index contributed by atoms with van der Waals surface area (Å²) < 4.78 is 15.0. The summed E-state index contributed by atoms with van der Waals surface area (Å²) >= 11 is 0. The molecule has 0 saturated carbocycles. The molecule has 1 N–H and O–H groups in total.